The lowest BCUT2D eigenvalue weighted by molar-refractivity contribution is -0.131. The van der Waals surface area contributed by atoms with E-state index in [1.54, 1.807) is 4.90 Å². The SMILES string of the molecule is CS(=O)(=O)c1nnc([C@@H]2CCCN2C(=O)Cc2cccs2)o1. The fourth-order valence-electron chi connectivity index (χ4n) is 2.49. The Labute approximate surface area is 131 Å². The molecule has 1 amide bonds. The second kappa shape index (κ2) is 5.81. The van der Waals surface area contributed by atoms with Crippen LogP contribution in [-0.4, -0.2) is 42.2 Å². The minimum Gasteiger partial charge on any atom is -0.410 e. The molecule has 0 saturated carbocycles. The Morgan fingerprint density at radius 1 is 1.50 bits per heavy atom. The number of aromatic nitrogens is 2. The zero-order valence-electron chi connectivity index (χ0n) is 11.9. The highest BCUT2D eigenvalue weighted by Crippen LogP contribution is 2.32. The van der Waals surface area contributed by atoms with Crippen LogP contribution in [0.4, 0.5) is 0 Å². The molecular formula is C13H15N3O4S2. The van der Waals surface area contributed by atoms with Crippen LogP contribution in [0.25, 0.3) is 0 Å². The van der Waals surface area contributed by atoms with Gasteiger partial charge in [0.05, 0.1) is 6.42 Å². The van der Waals surface area contributed by atoms with Crippen molar-refractivity contribution in [1.82, 2.24) is 15.1 Å². The van der Waals surface area contributed by atoms with E-state index in [0.29, 0.717) is 19.4 Å². The van der Waals surface area contributed by atoms with E-state index in [1.807, 2.05) is 17.5 Å². The van der Waals surface area contributed by atoms with Crippen LogP contribution in [0.1, 0.15) is 29.7 Å². The Morgan fingerprint density at radius 2 is 2.32 bits per heavy atom. The summed E-state index contributed by atoms with van der Waals surface area (Å²) in [5.41, 5.74) is 0. The fraction of sp³-hybridized carbons (Fsp3) is 0.462. The standard InChI is InChI=1S/C13H15N3O4S2/c1-22(18,19)13-15-14-12(20-13)10-5-2-6-16(10)11(17)8-9-4-3-7-21-9/h3-4,7,10H,2,5-6,8H2,1H3/t10-/m0/s1. The molecule has 118 valence electrons. The molecule has 22 heavy (non-hydrogen) atoms. The maximum Gasteiger partial charge on any atom is 0.335 e. The zero-order chi connectivity index (χ0) is 15.7. The molecule has 1 fully saturated rings. The summed E-state index contributed by atoms with van der Waals surface area (Å²) >= 11 is 1.54. The van der Waals surface area contributed by atoms with Crippen molar-refractivity contribution in [3.63, 3.8) is 0 Å². The van der Waals surface area contributed by atoms with E-state index >= 15 is 0 Å². The van der Waals surface area contributed by atoms with Gasteiger partial charge >= 0.3 is 5.22 Å². The molecule has 9 heteroatoms. The van der Waals surface area contributed by atoms with E-state index in [4.69, 9.17) is 4.42 Å². The van der Waals surface area contributed by atoms with Crippen molar-refractivity contribution in [1.29, 1.82) is 0 Å². The number of hydrogen-bond donors (Lipinski definition) is 0. The van der Waals surface area contributed by atoms with E-state index in [0.717, 1.165) is 17.6 Å². The number of hydrogen-bond acceptors (Lipinski definition) is 7. The Hall–Kier alpha value is -1.74. The summed E-state index contributed by atoms with van der Waals surface area (Å²) < 4.78 is 28.1. The van der Waals surface area contributed by atoms with E-state index in [-0.39, 0.29) is 17.8 Å². The second-order valence-corrected chi connectivity index (χ2v) is 8.11. The van der Waals surface area contributed by atoms with Gasteiger partial charge in [-0.1, -0.05) is 11.2 Å². The van der Waals surface area contributed by atoms with Crippen molar-refractivity contribution in [2.24, 2.45) is 0 Å². The highest BCUT2D eigenvalue weighted by Gasteiger charge is 2.34. The molecule has 3 rings (SSSR count). The molecule has 7 nitrogen and oxygen atoms in total. The van der Waals surface area contributed by atoms with Gasteiger partial charge in [-0.15, -0.1) is 16.4 Å². The number of amides is 1. The molecule has 0 bridgehead atoms. The fourth-order valence-corrected chi connectivity index (χ4v) is 3.61. The Morgan fingerprint density at radius 3 is 2.95 bits per heavy atom. The van der Waals surface area contributed by atoms with Crippen LogP contribution in [0.3, 0.4) is 0 Å². The maximum absolute atomic E-state index is 12.4. The molecule has 1 aliphatic rings. The number of carbonyl (C=O) groups excluding carboxylic acids is 1. The van der Waals surface area contributed by atoms with Gasteiger partial charge in [0.2, 0.25) is 21.6 Å². The average molecular weight is 341 g/mol. The number of nitrogens with zero attached hydrogens (tertiary/aromatic N) is 3. The van der Waals surface area contributed by atoms with E-state index in [2.05, 4.69) is 10.2 Å². The van der Waals surface area contributed by atoms with Crippen LogP contribution in [0.5, 0.6) is 0 Å². The molecule has 2 aromatic rings. The quantitative estimate of drug-likeness (QED) is 0.835. The largest absolute Gasteiger partial charge is 0.410 e. The van der Waals surface area contributed by atoms with Crippen LogP contribution in [-0.2, 0) is 21.1 Å². The third-order valence-electron chi connectivity index (χ3n) is 3.50. The Kier molecular flexibility index (Phi) is 4.00. The van der Waals surface area contributed by atoms with Gasteiger partial charge in [0, 0.05) is 17.7 Å². The first kappa shape index (κ1) is 15.2. The summed E-state index contributed by atoms with van der Waals surface area (Å²) in [4.78, 5) is 15.1. The Bertz CT molecular complexity index is 767. The number of sulfone groups is 1. The molecule has 0 N–H and O–H groups in total. The first-order valence-corrected chi connectivity index (χ1v) is 9.57. The lowest BCUT2D eigenvalue weighted by Crippen LogP contribution is -2.31. The molecule has 0 unspecified atom stereocenters. The monoisotopic (exact) mass is 341 g/mol. The molecule has 0 aromatic carbocycles. The lowest BCUT2D eigenvalue weighted by Gasteiger charge is -2.21. The highest BCUT2D eigenvalue weighted by atomic mass is 32.2. The summed E-state index contributed by atoms with van der Waals surface area (Å²) in [5, 5.41) is 8.90. The number of likely N-dealkylation sites (tertiary alicyclic amines) is 1. The van der Waals surface area contributed by atoms with Crippen LogP contribution in [0.15, 0.2) is 27.2 Å². The summed E-state index contributed by atoms with van der Waals surface area (Å²) in [5.74, 6) is 0.182. The van der Waals surface area contributed by atoms with Crippen molar-refractivity contribution in [2.45, 2.75) is 30.5 Å². The van der Waals surface area contributed by atoms with E-state index in [1.165, 1.54) is 11.3 Å². The van der Waals surface area contributed by atoms with Crippen molar-refractivity contribution < 1.29 is 17.6 Å². The second-order valence-electron chi connectivity index (χ2n) is 5.18. The average Bonchev–Trinajstić information content (AvgIpc) is 3.18. The summed E-state index contributed by atoms with van der Waals surface area (Å²) in [6.07, 6.45) is 2.87. The first-order chi connectivity index (χ1) is 10.4. The van der Waals surface area contributed by atoms with Crippen LogP contribution < -0.4 is 0 Å². The maximum atomic E-state index is 12.4. The third-order valence-corrected chi connectivity index (χ3v) is 5.18. The van der Waals surface area contributed by atoms with Crippen molar-refractivity contribution in [3.05, 3.63) is 28.3 Å². The molecule has 2 aromatic heterocycles. The molecule has 1 saturated heterocycles. The third kappa shape index (κ3) is 3.05. The molecule has 0 spiro atoms. The summed E-state index contributed by atoms with van der Waals surface area (Å²) in [6, 6.07) is 3.49. The van der Waals surface area contributed by atoms with Gasteiger partial charge in [-0.25, -0.2) is 8.42 Å². The predicted molar refractivity (Wildman–Crippen MR) is 79.1 cm³/mol. The Balaban J connectivity index is 1.78. The summed E-state index contributed by atoms with van der Waals surface area (Å²) in [7, 11) is -3.53. The molecule has 1 atom stereocenters. The van der Waals surface area contributed by atoms with Gasteiger partial charge in [-0.05, 0) is 24.3 Å². The van der Waals surface area contributed by atoms with Gasteiger partial charge in [-0.2, -0.15) is 0 Å². The van der Waals surface area contributed by atoms with Crippen LogP contribution >= 0.6 is 11.3 Å². The topological polar surface area (TPSA) is 93.4 Å². The van der Waals surface area contributed by atoms with Gasteiger partial charge in [0.15, 0.2) is 0 Å². The summed E-state index contributed by atoms with van der Waals surface area (Å²) in [6.45, 7) is 0.617. The smallest absolute Gasteiger partial charge is 0.335 e. The van der Waals surface area contributed by atoms with Gasteiger partial charge < -0.3 is 9.32 Å². The minimum atomic E-state index is -3.53. The van der Waals surface area contributed by atoms with E-state index < -0.39 is 15.1 Å². The molecule has 0 aliphatic carbocycles. The highest BCUT2D eigenvalue weighted by molar-refractivity contribution is 7.90. The molecule has 1 aliphatic heterocycles. The molecule has 3 heterocycles. The van der Waals surface area contributed by atoms with Crippen molar-refractivity contribution in [2.75, 3.05) is 12.8 Å². The van der Waals surface area contributed by atoms with Crippen LogP contribution in [0, 0.1) is 0 Å². The normalized spacial score (nSPS) is 18.8. The van der Waals surface area contributed by atoms with Gasteiger partial charge in [0.25, 0.3) is 0 Å². The van der Waals surface area contributed by atoms with Crippen molar-refractivity contribution in [3.8, 4) is 0 Å². The predicted octanol–water partition coefficient (Wildman–Crippen LogP) is 1.44. The van der Waals surface area contributed by atoms with Crippen LogP contribution in [0.2, 0.25) is 0 Å². The zero-order valence-corrected chi connectivity index (χ0v) is 13.6. The number of carbonyl (C=O) groups is 1. The van der Waals surface area contributed by atoms with Gasteiger partial charge in [0.1, 0.15) is 6.04 Å². The molecular weight excluding hydrogens is 326 g/mol. The van der Waals surface area contributed by atoms with E-state index in [9.17, 15) is 13.2 Å². The minimum absolute atomic E-state index is 0.0101. The first-order valence-electron chi connectivity index (χ1n) is 6.80. The lowest BCUT2D eigenvalue weighted by atomic mass is 10.2. The van der Waals surface area contributed by atoms with Crippen molar-refractivity contribution >= 4 is 27.1 Å². The number of thiophene rings is 1. The van der Waals surface area contributed by atoms with Gasteiger partial charge in [-0.3, -0.25) is 4.79 Å². The molecule has 0 radical (unpaired) electrons. The number of rotatable bonds is 4.